The summed E-state index contributed by atoms with van der Waals surface area (Å²) in [5.74, 6) is 1.31. The zero-order valence-electron chi connectivity index (χ0n) is 12.9. The van der Waals surface area contributed by atoms with E-state index in [2.05, 4.69) is 59.4 Å². The highest BCUT2D eigenvalue weighted by Gasteiger charge is 2.13. The number of hydrogen-bond donors (Lipinski definition) is 1. The summed E-state index contributed by atoms with van der Waals surface area (Å²) in [5, 5.41) is 7.11. The molecule has 1 aromatic carbocycles. The van der Waals surface area contributed by atoms with Gasteiger partial charge >= 0.3 is 0 Å². The molecule has 0 radical (unpaired) electrons. The van der Waals surface area contributed by atoms with Crippen molar-refractivity contribution in [1.82, 2.24) is 15.1 Å². The molecule has 0 aliphatic rings. The van der Waals surface area contributed by atoms with E-state index in [9.17, 15) is 0 Å². The van der Waals surface area contributed by atoms with Gasteiger partial charge in [-0.05, 0) is 35.2 Å². The molecule has 0 saturated carbocycles. The van der Waals surface area contributed by atoms with Crippen LogP contribution in [0.1, 0.15) is 26.3 Å². The van der Waals surface area contributed by atoms with Crippen molar-refractivity contribution >= 4 is 11.5 Å². The maximum Gasteiger partial charge on any atom is 0.214 e. The van der Waals surface area contributed by atoms with Crippen molar-refractivity contribution in [1.29, 1.82) is 0 Å². The number of anilines is 2. The van der Waals surface area contributed by atoms with E-state index >= 15 is 0 Å². The van der Waals surface area contributed by atoms with Gasteiger partial charge < -0.3 is 9.84 Å². The number of nitrogens with one attached hydrogen (secondary N) is 1. The lowest BCUT2D eigenvalue weighted by atomic mass is 9.87. The molecule has 3 rings (SSSR count). The first kappa shape index (κ1) is 14.3. The molecule has 2 heterocycles. The highest BCUT2D eigenvalue weighted by atomic mass is 16.5. The van der Waals surface area contributed by atoms with Crippen LogP contribution in [0, 0.1) is 0 Å². The predicted molar refractivity (Wildman–Crippen MR) is 86.0 cm³/mol. The third-order valence-electron chi connectivity index (χ3n) is 3.38. The van der Waals surface area contributed by atoms with E-state index < -0.39 is 0 Å². The lowest BCUT2D eigenvalue weighted by molar-refractivity contribution is 0.418. The van der Waals surface area contributed by atoms with Gasteiger partial charge in [0.05, 0.1) is 0 Å². The van der Waals surface area contributed by atoms with E-state index in [-0.39, 0.29) is 5.41 Å². The normalized spacial score (nSPS) is 11.4. The summed E-state index contributed by atoms with van der Waals surface area (Å²) in [6.07, 6.45) is 3.03. The second-order valence-corrected chi connectivity index (χ2v) is 6.14. The average Bonchev–Trinajstić information content (AvgIpc) is 3.02. The second-order valence-electron chi connectivity index (χ2n) is 6.14. The quantitative estimate of drug-likeness (QED) is 0.785. The van der Waals surface area contributed by atoms with Gasteiger partial charge in [0.15, 0.2) is 0 Å². The molecule has 0 atom stereocenters. The molecular weight excluding hydrogens is 276 g/mol. The number of rotatable bonds is 3. The van der Waals surface area contributed by atoms with E-state index in [1.165, 1.54) is 12.0 Å². The molecule has 0 amide bonds. The van der Waals surface area contributed by atoms with Crippen molar-refractivity contribution in [3.05, 3.63) is 54.6 Å². The zero-order chi connectivity index (χ0) is 15.6. The van der Waals surface area contributed by atoms with Gasteiger partial charge in [-0.15, -0.1) is 0 Å². The van der Waals surface area contributed by atoms with Crippen molar-refractivity contribution < 1.29 is 4.52 Å². The number of nitrogens with zero attached hydrogens (tertiary/aromatic N) is 3. The highest BCUT2D eigenvalue weighted by molar-refractivity contribution is 5.61. The van der Waals surface area contributed by atoms with Crippen LogP contribution in [0.4, 0.5) is 11.5 Å². The Bertz CT molecular complexity index is 743. The van der Waals surface area contributed by atoms with Crippen molar-refractivity contribution in [2.75, 3.05) is 5.32 Å². The molecule has 1 N–H and O–H groups in total. The van der Waals surface area contributed by atoms with Crippen molar-refractivity contribution in [3.8, 4) is 11.4 Å². The second kappa shape index (κ2) is 5.60. The lowest BCUT2D eigenvalue weighted by Gasteiger charge is -2.20. The van der Waals surface area contributed by atoms with E-state index in [0.29, 0.717) is 5.82 Å². The molecule has 0 aliphatic heterocycles. The minimum absolute atomic E-state index is 0.119. The highest BCUT2D eigenvalue weighted by Crippen LogP contribution is 2.26. The monoisotopic (exact) mass is 294 g/mol. The predicted octanol–water partition coefficient (Wildman–Crippen LogP) is 4.17. The first-order valence-electron chi connectivity index (χ1n) is 7.13. The smallest absolute Gasteiger partial charge is 0.214 e. The molecule has 5 heteroatoms. The Hall–Kier alpha value is -2.69. The summed E-state index contributed by atoms with van der Waals surface area (Å²) in [4.78, 5) is 8.39. The molecule has 3 aromatic rings. The van der Waals surface area contributed by atoms with E-state index in [4.69, 9.17) is 4.52 Å². The largest absolute Gasteiger partial charge is 0.342 e. The third kappa shape index (κ3) is 3.14. The van der Waals surface area contributed by atoms with E-state index in [1.807, 2.05) is 18.2 Å². The summed E-state index contributed by atoms with van der Waals surface area (Å²) < 4.78 is 4.74. The Kier molecular flexibility index (Phi) is 3.63. The Morgan fingerprint density at radius 2 is 1.91 bits per heavy atom. The van der Waals surface area contributed by atoms with Crippen LogP contribution in [0.5, 0.6) is 0 Å². The molecule has 112 valence electrons. The minimum atomic E-state index is 0.119. The molecule has 2 aromatic heterocycles. The van der Waals surface area contributed by atoms with Gasteiger partial charge in [0.25, 0.3) is 0 Å². The molecule has 0 unspecified atom stereocenters. The molecule has 0 bridgehead atoms. The van der Waals surface area contributed by atoms with Crippen LogP contribution in [0.3, 0.4) is 0 Å². The van der Waals surface area contributed by atoms with Gasteiger partial charge in [-0.25, -0.2) is 4.98 Å². The average molecular weight is 294 g/mol. The van der Waals surface area contributed by atoms with Crippen LogP contribution >= 0.6 is 0 Å². The van der Waals surface area contributed by atoms with Crippen LogP contribution in [0.2, 0.25) is 0 Å². The van der Waals surface area contributed by atoms with Crippen molar-refractivity contribution in [2.45, 2.75) is 26.2 Å². The molecule has 0 fully saturated rings. The van der Waals surface area contributed by atoms with Gasteiger partial charge in [-0.1, -0.05) is 38.1 Å². The summed E-state index contributed by atoms with van der Waals surface area (Å²) in [6.45, 7) is 6.60. The summed E-state index contributed by atoms with van der Waals surface area (Å²) in [7, 11) is 0. The minimum Gasteiger partial charge on any atom is -0.342 e. The molecule has 22 heavy (non-hydrogen) atoms. The molecular formula is C17H18N4O. The number of pyridine rings is 1. The molecule has 0 aliphatic carbocycles. The topological polar surface area (TPSA) is 63.8 Å². The maximum atomic E-state index is 4.74. The summed E-state index contributed by atoms with van der Waals surface area (Å²) in [5.41, 5.74) is 3.24. The van der Waals surface area contributed by atoms with E-state index in [0.717, 1.165) is 17.1 Å². The van der Waals surface area contributed by atoms with Crippen LogP contribution in [0.25, 0.3) is 11.4 Å². The van der Waals surface area contributed by atoms with Crippen LogP contribution in [-0.4, -0.2) is 15.1 Å². The van der Waals surface area contributed by atoms with Gasteiger partial charge in [-0.2, -0.15) is 4.98 Å². The first-order valence-corrected chi connectivity index (χ1v) is 7.13. The standard InChI is InChI=1S/C17H18N4O/c1-17(2,3)13-5-4-6-14(9-13)20-15-8-7-12(10-18-15)16-19-11-22-21-16/h4-11H,1-3H3,(H,18,20). The fourth-order valence-corrected chi connectivity index (χ4v) is 2.11. The third-order valence-corrected chi connectivity index (χ3v) is 3.38. The fourth-order valence-electron chi connectivity index (χ4n) is 2.11. The van der Waals surface area contributed by atoms with Gasteiger partial charge in [0.2, 0.25) is 12.2 Å². The van der Waals surface area contributed by atoms with Gasteiger partial charge in [0.1, 0.15) is 5.82 Å². The Labute approximate surface area is 129 Å². The Morgan fingerprint density at radius 3 is 2.55 bits per heavy atom. The fraction of sp³-hybridized carbons (Fsp3) is 0.235. The number of aromatic nitrogens is 3. The van der Waals surface area contributed by atoms with Gasteiger partial charge in [-0.3, -0.25) is 0 Å². The zero-order valence-corrected chi connectivity index (χ0v) is 12.9. The Morgan fingerprint density at radius 1 is 1.05 bits per heavy atom. The van der Waals surface area contributed by atoms with Crippen LogP contribution in [0.15, 0.2) is 53.5 Å². The summed E-state index contributed by atoms with van der Waals surface area (Å²) in [6, 6.07) is 12.2. The van der Waals surface area contributed by atoms with Crippen LogP contribution in [-0.2, 0) is 5.41 Å². The van der Waals surface area contributed by atoms with Crippen LogP contribution < -0.4 is 5.32 Å². The van der Waals surface area contributed by atoms with Crippen molar-refractivity contribution in [2.24, 2.45) is 0 Å². The van der Waals surface area contributed by atoms with Crippen molar-refractivity contribution in [3.63, 3.8) is 0 Å². The SMILES string of the molecule is CC(C)(C)c1cccc(Nc2ccc(-c3ncon3)cn2)c1. The number of benzene rings is 1. The van der Waals surface area contributed by atoms with E-state index in [1.54, 1.807) is 6.20 Å². The maximum absolute atomic E-state index is 4.74. The molecule has 0 spiro atoms. The molecule has 5 nitrogen and oxygen atoms in total. The first-order chi connectivity index (χ1) is 10.5. The Balaban J connectivity index is 1.79. The number of hydrogen-bond acceptors (Lipinski definition) is 5. The summed E-state index contributed by atoms with van der Waals surface area (Å²) >= 11 is 0. The molecule has 0 saturated heterocycles. The lowest BCUT2D eigenvalue weighted by Crippen LogP contribution is -2.11. The van der Waals surface area contributed by atoms with Gasteiger partial charge in [0, 0.05) is 17.4 Å².